The Bertz CT molecular complexity index is 1200. The predicted molar refractivity (Wildman–Crippen MR) is 129 cm³/mol. The summed E-state index contributed by atoms with van der Waals surface area (Å²) < 4.78 is 10.7. The first-order chi connectivity index (χ1) is 16.3. The summed E-state index contributed by atoms with van der Waals surface area (Å²) in [5.74, 6) is -0.231. The van der Waals surface area contributed by atoms with Crippen LogP contribution < -0.4 is 22.0 Å². The van der Waals surface area contributed by atoms with E-state index in [0.717, 1.165) is 10.9 Å². The average Bonchev–Trinajstić information content (AvgIpc) is 2.80. The van der Waals surface area contributed by atoms with Gasteiger partial charge in [-0.3, -0.25) is 9.59 Å². The van der Waals surface area contributed by atoms with Crippen LogP contribution in [0.2, 0.25) is 0 Å². The van der Waals surface area contributed by atoms with Crippen molar-refractivity contribution in [2.75, 3.05) is 32.0 Å². The molecule has 5 N–H and O–H groups in total. The van der Waals surface area contributed by atoms with Gasteiger partial charge in [0.1, 0.15) is 11.3 Å². The van der Waals surface area contributed by atoms with E-state index in [1.807, 2.05) is 12.1 Å². The number of fused-ring (bicyclic) bond motifs is 1. The Hall–Kier alpha value is -3.85. The van der Waals surface area contributed by atoms with Gasteiger partial charge in [-0.2, -0.15) is 0 Å². The lowest BCUT2D eigenvalue weighted by Crippen LogP contribution is -2.31. The van der Waals surface area contributed by atoms with Crippen molar-refractivity contribution in [2.24, 2.45) is 0 Å². The van der Waals surface area contributed by atoms with Gasteiger partial charge in [0, 0.05) is 36.7 Å². The molecule has 0 atom stereocenters. The number of hydrogen-bond acceptors (Lipinski definition) is 7. The molecule has 0 aliphatic heterocycles. The second-order valence-electron chi connectivity index (χ2n) is 7.90. The monoisotopic (exact) mass is 467 g/mol. The number of carbonyl (C=O) groups is 2. The predicted octanol–water partition coefficient (Wildman–Crippen LogP) is 1.81. The van der Waals surface area contributed by atoms with Gasteiger partial charge in [-0.25, -0.2) is 4.79 Å². The quantitative estimate of drug-likeness (QED) is 0.191. The fourth-order valence-electron chi connectivity index (χ4n) is 3.46. The van der Waals surface area contributed by atoms with Crippen molar-refractivity contribution >= 4 is 28.5 Å². The number of rotatable bonds is 11. The molecule has 0 spiro atoms. The largest absolute Gasteiger partial charge is 0.508 e. The number of aromatic hydroxyl groups is 1. The molecule has 9 nitrogen and oxygen atoms in total. The number of ether oxygens (including phenoxy) is 1. The molecule has 0 fully saturated rings. The highest BCUT2D eigenvalue weighted by Crippen LogP contribution is 2.21. The Balaban J connectivity index is 1.32. The molecule has 3 aromatic rings. The number of amides is 2. The maximum absolute atomic E-state index is 12.3. The van der Waals surface area contributed by atoms with Crippen LogP contribution in [-0.2, 0) is 27.2 Å². The van der Waals surface area contributed by atoms with Gasteiger partial charge in [0.25, 0.3) is 0 Å². The molecule has 0 unspecified atom stereocenters. The van der Waals surface area contributed by atoms with Gasteiger partial charge in [-0.15, -0.1) is 0 Å². The lowest BCUT2D eigenvalue weighted by molar-refractivity contribution is -0.123. The molecule has 0 aliphatic carbocycles. The Kier molecular flexibility index (Phi) is 8.64. The number of nitrogen functional groups attached to an aromatic ring is 1. The minimum atomic E-state index is -0.557. The van der Waals surface area contributed by atoms with E-state index < -0.39 is 5.63 Å². The molecule has 0 aliphatic rings. The number of aryl methyl sites for hydroxylation is 1. The highest BCUT2D eigenvalue weighted by atomic mass is 16.5. The third-order valence-corrected chi connectivity index (χ3v) is 5.36. The number of anilines is 1. The summed E-state index contributed by atoms with van der Waals surface area (Å²) in [6, 6.07) is 11.9. The highest BCUT2D eigenvalue weighted by molar-refractivity contribution is 5.86. The summed E-state index contributed by atoms with van der Waals surface area (Å²) in [6.07, 6.45) is 0.783. The normalized spacial score (nSPS) is 10.9. The summed E-state index contributed by atoms with van der Waals surface area (Å²) in [5.41, 5.74) is 8.07. The first-order valence-electron chi connectivity index (χ1n) is 11.0. The molecule has 0 bridgehead atoms. The van der Waals surface area contributed by atoms with Crippen molar-refractivity contribution < 1.29 is 23.8 Å². The van der Waals surface area contributed by atoms with E-state index in [4.69, 9.17) is 14.9 Å². The van der Waals surface area contributed by atoms with Gasteiger partial charge in [0.05, 0.1) is 25.2 Å². The van der Waals surface area contributed by atoms with Crippen LogP contribution in [0, 0.1) is 6.92 Å². The zero-order chi connectivity index (χ0) is 24.5. The maximum atomic E-state index is 12.3. The number of nitrogens with two attached hydrogens (primary N) is 1. The summed E-state index contributed by atoms with van der Waals surface area (Å²) in [5, 5.41) is 15.5. The summed E-state index contributed by atoms with van der Waals surface area (Å²) in [6.45, 7) is 3.01. The molecule has 0 radical (unpaired) electrons. The average molecular weight is 468 g/mol. The van der Waals surface area contributed by atoms with Crippen LogP contribution in [-0.4, -0.2) is 43.2 Å². The molecule has 1 aromatic heterocycles. The molecule has 3 rings (SSSR count). The molecular formula is C25H29N3O6. The Morgan fingerprint density at radius 1 is 1.03 bits per heavy atom. The first-order valence-corrected chi connectivity index (χ1v) is 11.0. The number of nitrogens with one attached hydrogen (secondary N) is 2. The number of hydrogen-bond donors (Lipinski definition) is 4. The summed E-state index contributed by atoms with van der Waals surface area (Å²) in [7, 11) is 0. The van der Waals surface area contributed by atoms with Gasteiger partial charge in [-0.05, 0) is 48.7 Å². The second-order valence-corrected chi connectivity index (χ2v) is 7.90. The third-order valence-electron chi connectivity index (χ3n) is 5.36. The number of benzene rings is 2. The van der Waals surface area contributed by atoms with Gasteiger partial charge in [0.15, 0.2) is 0 Å². The standard InChI is InChI=1S/C25H29N3O6/c1-16-20-7-4-18(26)14-22(20)34-25(32)21(16)15-24(31)28-11-13-33-12-9-23(30)27-10-8-17-2-5-19(29)6-3-17/h2-7,14,29H,8-13,15,26H2,1H3,(H,27,30)(H,28,31). The maximum Gasteiger partial charge on any atom is 0.340 e. The van der Waals surface area contributed by atoms with Crippen LogP contribution >= 0.6 is 0 Å². The topological polar surface area (TPSA) is 144 Å². The Morgan fingerprint density at radius 2 is 1.76 bits per heavy atom. The SMILES string of the molecule is Cc1c(CC(=O)NCCOCCC(=O)NCCc2ccc(O)cc2)c(=O)oc2cc(N)ccc12. The van der Waals surface area contributed by atoms with E-state index in [9.17, 15) is 19.5 Å². The number of phenolic OH excluding ortho intramolecular Hbond substituents is 1. The van der Waals surface area contributed by atoms with Crippen LogP contribution in [0.3, 0.4) is 0 Å². The zero-order valence-electron chi connectivity index (χ0n) is 19.1. The third kappa shape index (κ3) is 7.08. The fourth-order valence-corrected chi connectivity index (χ4v) is 3.46. The minimum Gasteiger partial charge on any atom is -0.508 e. The smallest absolute Gasteiger partial charge is 0.340 e. The van der Waals surface area contributed by atoms with Crippen molar-refractivity contribution in [2.45, 2.75) is 26.2 Å². The number of carbonyl (C=O) groups excluding carboxylic acids is 2. The van der Waals surface area contributed by atoms with Crippen LogP contribution in [0.1, 0.15) is 23.1 Å². The Morgan fingerprint density at radius 3 is 2.53 bits per heavy atom. The highest BCUT2D eigenvalue weighted by Gasteiger charge is 2.15. The van der Waals surface area contributed by atoms with Gasteiger partial charge < -0.3 is 30.6 Å². The molecular weight excluding hydrogens is 438 g/mol. The molecule has 2 aromatic carbocycles. The van der Waals surface area contributed by atoms with Crippen LogP contribution in [0.5, 0.6) is 5.75 Å². The van der Waals surface area contributed by atoms with E-state index in [0.29, 0.717) is 35.4 Å². The molecule has 2 amide bonds. The molecule has 34 heavy (non-hydrogen) atoms. The second kappa shape index (κ2) is 11.9. The fraction of sp³-hybridized carbons (Fsp3) is 0.320. The van der Waals surface area contributed by atoms with E-state index in [1.54, 1.807) is 37.3 Å². The van der Waals surface area contributed by atoms with Gasteiger partial charge in [-0.1, -0.05) is 12.1 Å². The van der Waals surface area contributed by atoms with E-state index >= 15 is 0 Å². The molecule has 0 saturated carbocycles. The summed E-state index contributed by atoms with van der Waals surface area (Å²) >= 11 is 0. The first kappa shape index (κ1) is 24.8. The van der Waals surface area contributed by atoms with Gasteiger partial charge in [0.2, 0.25) is 11.8 Å². The van der Waals surface area contributed by atoms with Crippen molar-refractivity contribution in [1.29, 1.82) is 0 Å². The lowest BCUT2D eigenvalue weighted by atomic mass is 10.0. The van der Waals surface area contributed by atoms with Gasteiger partial charge >= 0.3 is 5.63 Å². The van der Waals surface area contributed by atoms with Crippen LogP contribution in [0.4, 0.5) is 5.69 Å². The minimum absolute atomic E-state index is 0.0993. The zero-order valence-corrected chi connectivity index (χ0v) is 19.1. The van der Waals surface area contributed by atoms with E-state index in [-0.39, 0.29) is 50.2 Å². The van der Waals surface area contributed by atoms with Crippen LogP contribution in [0.15, 0.2) is 51.7 Å². The van der Waals surface area contributed by atoms with Crippen molar-refractivity contribution in [1.82, 2.24) is 10.6 Å². The summed E-state index contributed by atoms with van der Waals surface area (Å²) in [4.78, 5) is 36.4. The Labute approximate surface area is 196 Å². The van der Waals surface area contributed by atoms with E-state index in [2.05, 4.69) is 10.6 Å². The molecule has 9 heteroatoms. The molecule has 0 saturated heterocycles. The lowest BCUT2D eigenvalue weighted by Gasteiger charge is -2.09. The van der Waals surface area contributed by atoms with Crippen molar-refractivity contribution in [3.63, 3.8) is 0 Å². The van der Waals surface area contributed by atoms with Crippen molar-refractivity contribution in [3.05, 3.63) is 69.6 Å². The molecule has 1 heterocycles. The van der Waals surface area contributed by atoms with Crippen LogP contribution in [0.25, 0.3) is 11.0 Å². The number of phenols is 1. The van der Waals surface area contributed by atoms with Crippen molar-refractivity contribution in [3.8, 4) is 5.75 Å². The van der Waals surface area contributed by atoms with E-state index in [1.165, 1.54) is 0 Å². The molecule has 180 valence electrons.